The Morgan fingerprint density at radius 1 is 1.16 bits per heavy atom. The molecule has 1 atom stereocenters. The van der Waals surface area contributed by atoms with Crippen molar-refractivity contribution in [1.82, 2.24) is 5.32 Å². The molecule has 134 valence electrons. The summed E-state index contributed by atoms with van der Waals surface area (Å²) in [6.07, 6.45) is 1.28. The van der Waals surface area contributed by atoms with Gasteiger partial charge in [0.25, 0.3) is 0 Å². The molecule has 0 unspecified atom stereocenters. The lowest BCUT2D eigenvalue weighted by Gasteiger charge is -2.29. The van der Waals surface area contributed by atoms with Gasteiger partial charge in [-0.2, -0.15) is 0 Å². The van der Waals surface area contributed by atoms with Gasteiger partial charge in [0.15, 0.2) is 0 Å². The maximum atomic E-state index is 12.4. The Morgan fingerprint density at radius 3 is 2.44 bits per heavy atom. The Labute approximate surface area is 151 Å². The molecule has 0 radical (unpaired) electrons. The smallest absolute Gasteiger partial charge is 0.224 e. The highest BCUT2D eigenvalue weighted by atomic mass is 16.5. The molecule has 1 amide bonds. The van der Waals surface area contributed by atoms with E-state index in [-0.39, 0.29) is 17.4 Å². The van der Waals surface area contributed by atoms with E-state index in [0.29, 0.717) is 6.42 Å². The summed E-state index contributed by atoms with van der Waals surface area (Å²) in [7, 11) is 1.66. The fourth-order valence-corrected chi connectivity index (χ4v) is 3.39. The Morgan fingerprint density at radius 2 is 1.84 bits per heavy atom. The molecule has 0 fully saturated rings. The number of hydrogen-bond acceptors (Lipinski definition) is 2. The van der Waals surface area contributed by atoms with Gasteiger partial charge in [-0.15, -0.1) is 0 Å². The molecule has 2 aromatic carbocycles. The minimum absolute atomic E-state index is 0.0185. The number of benzene rings is 2. The molecule has 0 heterocycles. The molecule has 3 heteroatoms. The fourth-order valence-electron chi connectivity index (χ4n) is 3.39. The number of carbonyl (C=O) groups excluding carboxylic acids is 1. The van der Waals surface area contributed by atoms with Crippen molar-refractivity contribution in [3.05, 3.63) is 65.2 Å². The average molecular weight is 339 g/mol. The van der Waals surface area contributed by atoms with Crippen LogP contribution in [-0.2, 0) is 16.6 Å². The third-order valence-corrected chi connectivity index (χ3v) is 4.60. The number of nitrogens with one attached hydrogen (secondary N) is 1. The number of aryl methyl sites for hydroxylation is 1. The van der Waals surface area contributed by atoms with Crippen LogP contribution in [0.5, 0.6) is 5.75 Å². The van der Waals surface area contributed by atoms with Gasteiger partial charge in [0.2, 0.25) is 5.91 Å². The van der Waals surface area contributed by atoms with Crippen LogP contribution in [0, 0.1) is 6.92 Å². The molecule has 25 heavy (non-hydrogen) atoms. The topological polar surface area (TPSA) is 38.3 Å². The molecule has 3 nitrogen and oxygen atoms in total. The summed E-state index contributed by atoms with van der Waals surface area (Å²) in [5.74, 6) is 0.906. The summed E-state index contributed by atoms with van der Waals surface area (Å²) in [5.41, 5.74) is 3.36. The molecule has 0 aromatic heterocycles. The molecule has 0 saturated carbocycles. The molecule has 0 aliphatic rings. The van der Waals surface area contributed by atoms with Crippen molar-refractivity contribution in [2.75, 3.05) is 7.11 Å². The molecular weight excluding hydrogens is 310 g/mol. The van der Waals surface area contributed by atoms with E-state index >= 15 is 0 Å². The van der Waals surface area contributed by atoms with Crippen LogP contribution in [0.25, 0.3) is 0 Å². The minimum Gasteiger partial charge on any atom is -0.496 e. The maximum absolute atomic E-state index is 12.4. The van der Waals surface area contributed by atoms with Gasteiger partial charge in [0.1, 0.15) is 5.75 Å². The van der Waals surface area contributed by atoms with E-state index in [0.717, 1.165) is 23.3 Å². The van der Waals surface area contributed by atoms with Gasteiger partial charge in [-0.3, -0.25) is 4.79 Å². The predicted octanol–water partition coefficient (Wildman–Crippen LogP) is 4.42. The third kappa shape index (κ3) is 5.35. The van der Waals surface area contributed by atoms with Gasteiger partial charge in [-0.05, 0) is 48.4 Å². The number of amides is 1. The summed E-state index contributed by atoms with van der Waals surface area (Å²) in [5, 5.41) is 3.13. The number of rotatable bonds is 7. The molecule has 0 saturated heterocycles. The second kappa shape index (κ2) is 8.19. The van der Waals surface area contributed by atoms with E-state index in [1.54, 1.807) is 7.11 Å². The van der Waals surface area contributed by atoms with Crippen molar-refractivity contribution < 1.29 is 9.53 Å². The number of ether oxygens (including phenoxy) is 1. The zero-order valence-corrected chi connectivity index (χ0v) is 15.9. The molecule has 2 rings (SSSR count). The predicted molar refractivity (Wildman–Crippen MR) is 103 cm³/mol. The van der Waals surface area contributed by atoms with Crippen LogP contribution in [0.2, 0.25) is 0 Å². The number of methoxy groups -OCH3 is 1. The minimum atomic E-state index is 0.0185. The SMILES string of the molecule is COc1ccc(CC(=O)N[C@H](C)CC(C)(C)c2ccccc2)cc1C. The fraction of sp³-hybridized carbons (Fsp3) is 0.409. The molecule has 0 spiro atoms. The molecule has 0 aliphatic heterocycles. The normalized spacial score (nSPS) is 12.5. The molecule has 1 N–H and O–H groups in total. The van der Waals surface area contributed by atoms with Gasteiger partial charge in [0.05, 0.1) is 13.5 Å². The van der Waals surface area contributed by atoms with Crippen molar-refractivity contribution in [3.8, 4) is 5.75 Å². The van der Waals surface area contributed by atoms with Crippen molar-refractivity contribution in [2.45, 2.75) is 52.0 Å². The van der Waals surface area contributed by atoms with Crippen LogP contribution in [0.4, 0.5) is 0 Å². The average Bonchev–Trinajstić information content (AvgIpc) is 2.55. The maximum Gasteiger partial charge on any atom is 0.224 e. The number of hydrogen-bond donors (Lipinski definition) is 1. The summed E-state index contributed by atoms with van der Waals surface area (Å²) in [6, 6.07) is 16.4. The van der Waals surface area contributed by atoms with E-state index in [1.807, 2.05) is 31.2 Å². The van der Waals surface area contributed by atoms with E-state index in [1.165, 1.54) is 5.56 Å². The van der Waals surface area contributed by atoms with Crippen LogP contribution in [-0.4, -0.2) is 19.1 Å². The van der Waals surface area contributed by atoms with Gasteiger partial charge >= 0.3 is 0 Å². The number of carbonyl (C=O) groups is 1. The van der Waals surface area contributed by atoms with Crippen LogP contribution in [0.15, 0.2) is 48.5 Å². The Hall–Kier alpha value is -2.29. The zero-order chi connectivity index (χ0) is 18.4. The quantitative estimate of drug-likeness (QED) is 0.811. The Balaban J connectivity index is 1.93. The third-order valence-electron chi connectivity index (χ3n) is 4.60. The first kappa shape index (κ1) is 19.0. The Kier molecular flexibility index (Phi) is 6.24. The van der Waals surface area contributed by atoms with Gasteiger partial charge < -0.3 is 10.1 Å². The largest absolute Gasteiger partial charge is 0.496 e. The van der Waals surface area contributed by atoms with Crippen molar-refractivity contribution in [1.29, 1.82) is 0 Å². The van der Waals surface area contributed by atoms with Crippen molar-refractivity contribution >= 4 is 5.91 Å². The van der Waals surface area contributed by atoms with E-state index in [2.05, 4.69) is 50.4 Å². The summed E-state index contributed by atoms with van der Waals surface area (Å²) >= 11 is 0. The highest BCUT2D eigenvalue weighted by molar-refractivity contribution is 5.79. The van der Waals surface area contributed by atoms with Gasteiger partial charge in [-0.25, -0.2) is 0 Å². The highest BCUT2D eigenvalue weighted by Gasteiger charge is 2.24. The van der Waals surface area contributed by atoms with Gasteiger partial charge in [0, 0.05) is 6.04 Å². The van der Waals surface area contributed by atoms with Crippen LogP contribution in [0.3, 0.4) is 0 Å². The molecular formula is C22H29NO2. The lowest BCUT2D eigenvalue weighted by Crippen LogP contribution is -2.38. The van der Waals surface area contributed by atoms with E-state index in [9.17, 15) is 4.79 Å². The van der Waals surface area contributed by atoms with Crippen molar-refractivity contribution in [2.24, 2.45) is 0 Å². The lowest BCUT2D eigenvalue weighted by atomic mass is 9.79. The van der Waals surface area contributed by atoms with Crippen molar-refractivity contribution in [3.63, 3.8) is 0 Å². The highest BCUT2D eigenvalue weighted by Crippen LogP contribution is 2.28. The van der Waals surface area contributed by atoms with Gasteiger partial charge in [-0.1, -0.05) is 56.3 Å². The van der Waals surface area contributed by atoms with Crippen LogP contribution >= 0.6 is 0 Å². The van der Waals surface area contributed by atoms with E-state index < -0.39 is 0 Å². The van der Waals surface area contributed by atoms with Crippen LogP contribution < -0.4 is 10.1 Å². The van der Waals surface area contributed by atoms with E-state index in [4.69, 9.17) is 4.74 Å². The standard InChI is InChI=1S/C22H29NO2/c1-16-13-18(11-12-20(16)25-5)14-21(24)23-17(2)15-22(3,4)19-9-7-6-8-10-19/h6-13,17H,14-15H2,1-5H3,(H,23,24)/t17-/m1/s1. The summed E-state index contributed by atoms with van der Waals surface area (Å²) in [4.78, 5) is 12.4. The lowest BCUT2D eigenvalue weighted by molar-refractivity contribution is -0.121. The Bertz CT molecular complexity index is 707. The summed E-state index contributed by atoms with van der Waals surface area (Å²) < 4.78 is 5.27. The second-order valence-electron chi connectivity index (χ2n) is 7.40. The first-order valence-corrected chi connectivity index (χ1v) is 8.80. The monoisotopic (exact) mass is 339 g/mol. The molecule has 0 bridgehead atoms. The summed E-state index contributed by atoms with van der Waals surface area (Å²) in [6.45, 7) is 8.50. The first-order chi connectivity index (χ1) is 11.8. The molecule has 0 aliphatic carbocycles. The second-order valence-corrected chi connectivity index (χ2v) is 7.40. The first-order valence-electron chi connectivity index (χ1n) is 8.80. The molecule has 2 aromatic rings. The van der Waals surface area contributed by atoms with Crippen LogP contribution in [0.1, 0.15) is 43.9 Å². The zero-order valence-electron chi connectivity index (χ0n) is 15.9.